The minimum atomic E-state index is 0.267. The molecule has 3 rings (SSSR count). The molecule has 7 nitrogen and oxygen atoms in total. The molecule has 2 N–H and O–H groups in total. The molecule has 0 saturated carbocycles. The highest BCUT2D eigenvalue weighted by atomic mass is 16.5. The highest BCUT2D eigenvalue weighted by molar-refractivity contribution is 5.79. The Morgan fingerprint density at radius 1 is 1.28 bits per heavy atom. The van der Waals surface area contributed by atoms with Crippen LogP contribution in [0.4, 0.5) is 0 Å². The SMILES string of the molecule is CN=C(NCCCOCC1CCOC1)NCc1ccc(CN2CCCC2=O)cc1. The molecule has 0 aromatic heterocycles. The fraction of sp³-hybridized carbons (Fsp3) is 0.636. The van der Waals surface area contributed by atoms with Crippen molar-refractivity contribution in [1.29, 1.82) is 0 Å². The van der Waals surface area contributed by atoms with Crippen molar-refractivity contribution in [3.63, 3.8) is 0 Å². The van der Waals surface area contributed by atoms with E-state index in [1.165, 1.54) is 11.1 Å². The molecule has 160 valence electrons. The monoisotopic (exact) mass is 402 g/mol. The van der Waals surface area contributed by atoms with Crippen molar-refractivity contribution < 1.29 is 14.3 Å². The molecule has 7 heteroatoms. The van der Waals surface area contributed by atoms with Crippen LogP contribution in [0.25, 0.3) is 0 Å². The smallest absolute Gasteiger partial charge is 0.222 e. The van der Waals surface area contributed by atoms with Crippen molar-refractivity contribution in [1.82, 2.24) is 15.5 Å². The van der Waals surface area contributed by atoms with Gasteiger partial charge < -0.3 is 25.0 Å². The normalized spacial score (nSPS) is 19.8. The summed E-state index contributed by atoms with van der Waals surface area (Å²) in [7, 11) is 1.78. The summed E-state index contributed by atoms with van der Waals surface area (Å²) in [6.45, 7) is 6.39. The summed E-state index contributed by atoms with van der Waals surface area (Å²) >= 11 is 0. The average molecular weight is 403 g/mol. The Labute approximate surface area is 173 Å². The Balaban J connectivity index is 1.29. The predicted molar refractivity (Wildman–Crippen MR) is 114 cm³/mol. The number of carbonyl (C=O) groups is 1. The Bertz CT molecular complexity index is 657. The number of ether oxygens (including phenoxy) is 2. The number of likely N-dealkylation sites (tertiary alicyclic amines) is 1. The van der Waals surface area contributed by atoms with E-state index in [1.807, 2.05) is 4.90 Å². The highest BCUT2D eigenvalue weighted by Crippen LogP contribution is 2.15. The van der Waals surface area contributed by atoms with Crippen LogP contribution in [0, 0.1) is 5.92 Å². The number of amides is 1. The predicted octanol–water partition coefficient (Wildman–Crippen LogP) is 1.92. The largest absolute Gasteiger partial charge is 0.381 e. The van der Waals surface area contributed by atoms with Crippen LogP contribution >= 0.6 is 0 Å². The van der Waals surface area contributed by atoms with Crippen molar-refractivity contribution >= 4 is 11.9 Å². The molecule has 2 aliphatic rings. The number of hydrogen-bond donors (Lipinski definition) is 2. The lowest BCUT2D eigenvalue weighted by Crippen LogP contribution is -2.37. The van der Waals surface area contributed by atoms with Crippen LogP contribution in [0.1, 0.15) is 36.8 Å². The Morgan fingerprint density at radius 3 is 2.79 bits per heavy atom. The van der Waals surface area contributed by atoms with Gasteiger partial charge in [0.1, 0.15) is 0 Å². The standard InChI is InChI=1S/C22H34N4O3/c1-23-22(24-10-3-12-28-16-20-9-13-29-17-20)25-14-18-5-7-19(8-6-18)15-26-11-2-4-21(26)27/h5-8,20H,2-4,9-17H2,1H3,(H2,23,24,25). The zero-order valence-electron chi connectivity index (χ0n) is 17.5. The molecule has 2 fully saturated rings. The first-order valence-electron chi connectivity index (χ1n) is 10.7. The molecule has 2 aliphatic heterocycles. The molecule has 1 amide bonds. The highest BCUT2D eigenvalue weighted by Gasteiger charge is 2.19. The van der Waals surface area contributed by atoms with E-state index < -0.39 is 0 Å². The topological polar surface area (TPSA) is 75.2 Å². The molecule has 2 saturated heterocycles. The Hall–Kier alpha value is -2.12. The molecular formula is C22H34N4O3. The van der Waals surface area contributed by atoms with Crippen LogP contribution in [0.3, 0.4) is 0 Å². The number of aliphatic imine (C=N–C) groups is 1. The molecule has 1 aromatic carbocycles. The van der Waals surface area contributed by atoms with Gasteiger partial charge in [-0.15, -0.1) is 0 Å². The number of benzene rings is 1. The summed E-state index contributed by atoms with van der Waals surface area (Å²) in [5.41, 5.74) is 2.36. The van der Waals surface area contributed by atoms with E-state index in [2.05, 4.69) is 39.9 Å². The first-order valence-corrected chi connectivity index (χ1v) is 10.7. The van der Waals surface area contributed by atoms with E-state index in [0.717, 1.165) is 64.7 Å². The van der Waals surface area contributed by atoms with Gasteiger partial charge in [-0.25, -0.2) is 0 Å². The van der Waals surface area contributed by atoms with E-state index in [1.54, 1.807) is 7.05 Å². The second-order valence-corrected chi connectivity index (χ2v) is 7.75. The lowest BCUT2D eigenvalue weighted by Gasteiger charge is -2.16. The van der Waals surface area contributed by atoms with E-state index in [9.17, 15) is 4.79 Å². The summed E-state index contributed by atoms with van der Waals surface area (Å²) in [5.74, 6) is 1.63. The van der Waals surface area contributed by atoms with Crippen LogP contribution in [-0.2, 0) is 27.4 Å². The van der Waals surface area contributed by atoms with Crippen LogP contribution in [-0.4, -0.2) is 63.3 Å². The third-order valence-electron chi connectivity index (χ3n) is 5.39. The van der Waals surface area contributed by atoms with Crippen LogP contribution in [0.5, 0.6) is 0 Å². The van der Waals surface area contributed by atoms with E-state index in [4.69, 9.17) is 9.47 Å². The van der Waals surface area contributed by atoms with Gasteiger partial charge >= 0.3 is 0 Å². The van der Waals surface area contributed by atoms with Gasteiger partial charge in [0.2, 0.25) is 5.91 Å². The third-order valence-corrected chi connectivity index (χ3v) is 5.39. The minimum Gasteiger partial charge on any atom is -0.381 e. The molecule has 2 heterocycles. The fourth-order valence-corrected chi connectivity index (χ4v) is 3.61. The molecule has 1 unspecified atom stereocenters. The number of nitrogens with one attached hydrogen (secondary N) is 2. The van der Waals surface area contributed by atoms with Gasteiger partial charge in [-0.1, -0.05) is 24.3 Å². The number of guanidine groups is 1. The summed E-state index contributed by atoms with van der Waals surface area (Å²) < 4.78 is 11.1. The average Bonchev–Trinajstić information content (AvgIpc) is 3.40. The number of rotatable bonds is 10. The number of hydrogen-bond acceptors (Lipinski definition) is 4. The second-order valence-electron chi connectivity index (χ2n) is 7.75. The van der Waals surface area contributed by atoms with Crippen LogP contribution in [0.2, 0.25) is 0 Å². The van der Waals surface area contributed by atoms with Crippen molar-refractivity contribution in [2.75, 3.05) is 46.6 Å². The molecule has 0 aliphatic carbocycles. The van der Waals surface area contributed by atoms with Crippen LogP contribution in [0.15, 0.2) is 29.3 Å². The van der Waals surface area contributed by atoms with Gasteiger partial charge in [0.15, 0.2) is 5.96 Å². The maximum absolute atomic E-state index is 11.7. The van der Waals surface area contributed by atoms with E-state index in [0.29, 0.717) is 25.4 Å². The zero-order valence-corrected chi connectivity index (χ0v) is 17.5. The molecule has 0 radical (unpaired) electrons. The van der Waals surface area contributed by atoms with Gasteiger partial charge in [0, 0.05) is 58.8 Å². The summed E-state index contributed by atoms with van der Waals surface area (Å²) in [6.07, 6.45) is 3.73. The Morgan fingerprint density at radius 2 is 2.10 bits per heavy atom. The Kier molecular flexibility index (Phi) is 8.77. The minimum absolute atomic E-state index is 0.267. The molecule has 1 aromatic rings. The lowest BCUT2D eigenvalue weighted by molar-refractivity contribution is -0.128. The molecular weight excluding hydrogens is 368 g/mol. The fourth-order valence-electron chi connectivity index (χ4n) is 3.61. The van der Waals surface area contributed by atoms with Gasteiger partial charge in [0.25, 0.3) is 0 Å². The van der Waals surface area contributed by atoms with Gasteiger partial charge in [-0.3, -0.25) is 9.79 Å². The van der Waals surface area contributed by atoms with E-state index >= 15 is 0 Å². The molecule has 1 atom stereocenters. The number of carbonyl (C=O) groups excluding carboxylic acids is 1. The first-order chi connectivity index (χ1) is 14.2. The lowest BCUT2D eigenvalue weighted by atomic mass is 10.1. The molecule has 0 spiro atoms. The molecule has 29 heavy (non-hydrogen) atoms. The zero-order chi connectivity index (χ0) is 20.3. The van der Waals surface area contributed by atoms with Gasteiger partial charge in [0.05, 0.1) is 13.2 Å². The second kappa shape index (κ2) is 11.8. The first kappa shape index (κ1) is 21.6. The van der Waals surface area contributed by atoms with E-state index in [-0.39, 0.29) is 5.91 Å². The van der Waals surface area contributed by atoms with Gasteiger partial charge in [-0.2, -0.15) is 0 Å². The summed E-state index contributed by atoms with van der Waals surface area (Å²) in [6, 6.07) is 8.42. The van der Waals surface area contributed by atoms with Crippen molar-refractivity contribution in [3.05, 3.63) is 35.4 Å². The van der Waals surface area contributed by atoms with Gasteiger partial charge in [-0.05, 0) is 30.4 Å². The quantitative estimate of drug-likeness (QED) is 0.355. The van der Waals surface area contributed by atoms with Crippen molar-refractivity contribution in [3.8, 4) is 0 Å². The molecule has 0 bridgehead atoms. The van der Waals surface area contributed by atoms with Crippen molar-refractivity contribution in [2.24, 2.45) is 10.9 Å². The maximum atomic E-state index is 11.7. The van der Waals surface area contributed by atoms with Crippen LogP contribution < -0.4 is 10.6 Å². The van der Waals surface area contributed by atoms with Crippen molar-refractivity contribution in [2.45, 2.75) is 38.8 Å². The summed E-state index contributed by atoms with van der Waals surface area (Å²) in [4.78, 5) is 17.9. The third kappa shape index (κ3) is 7.33. The maximum Gasteiger partial charge on any atom is 0.222 e. The summed E-state index contributed by atoms with van der Waals surface area (Å²) in [5, 5.41) is 6.66. The number of nitrogens with zero attached hydrogens (tertiary/aromatic N) is 2.